The summed E-state index contributed by atoms with van der Waals surface area (Å²) in [4.78, 5) is 11.2. The number of carboxylic acid groups (broad SMARTS) is 1. The summed E-state index contributed by atoms with van der Waals surface area (Å²) in [5.74, 6) is 1.42. The molecule has 1 aliphatic heterocycles. The Labute approximate surface area is 128 Å². The summed E-state index contributed by atoms with van der Waals surface area (Å²) in [6.45, 7) is 4.97. The molecule has 1 aliphatic rings. The fourth-order valence-corrected chi connectivity index (χ4v) is 0.912. The van der Waals surface area contributed by atoms with Crippen LogP contribution in [0.25, 0.3) is 0 Å². The van der Waals surface area contributed by atoms with Crippen molar-refractivity contribution in [3.8, 4) is 0 Å². The third-order valence-corrected chi connectivity index (χ3v) is 1.60. The van der Waals surface area contributed by atoms with E-state index in [0.29, 0.717) is 0 Å². The molecule has 18 heavy (non-hydrogen) atoms. The average molecular weight is 280 g/mol. The van der Waals surface area contributed by atoms with Crippen molar-refractivity contribution in [2.24, 2.45) is 0 Å². The van der Waals surface area contributed by atoms with Crippen molar-refractivity contribution in [2.45, 2.75) is 33.1 Å². The number of likely N-dealkylation sites (tertiary alicyclic amines) is 1. The molecule has 0 aromatic heterocycles. The van der Waals surface area contributed by atoms with Gasteiger partial charge in [-0.05, 0) is 0 Å². The van der Waals surface area contributed by atoms with Crippen LogP contribution in [0, 0.1) is 5.92 Å². The van der Waals surface area contributed by atoms with Gasteiger partial charge in [0.15, 0.2) is 0 Å². The van der Waals surface area contributed by atoms with E-state index < -0.39 is 25.0 Å². The first-order valence-corrected chi connectivity index (χ1v) is 5.05. The van der Waals surface area contributed by atoms with Gasteiger partial charge in [-0.1, -0.05) is 0 Å². The molecule has 0 unspecified atom stereocenters. The number of hydrogen-bond donors (Lipinski definition) is 1. The smallest absolute Gasteiger partial charge is 1.00 e. The summed E-state index contributed by atoms with van der Waals surface area (Å²) in [7, 11) is 0. The second-order valence-corrected chi connectivity index (χ2v) is 4.24. The van der Waals surface area contributed by atoms with Crippen LogP contribution >= 0.6 is 0 Å². The minimum atomic E-state index is -4.34. The van der Waals surface area contributed by atoms with Crippen LogP contribution in [0.5, 0.6) is 0 Å². The van der Waals surface area contributed by atoms with Crippen molar-refractivity contribution < 1.29 is 58.8 Å². The Balaban J connectivity index is -0.000000379. The molecule has 104 valence electrons. The largest absolute Gasteiger partial charge is 1.00 e. The molecular weight excluding hydrogens is 262 g/mol. The first-order valence-electron chi connectivity index (χ1n) is 5.05. The third-order valence-electron chi connectivity index (χ3n) is 1.60. The molecule has 1 rings (SSSR count). The van der Waals surface area contributed by atoms with Crippen molar-refractivity contribution in [3.05, 3.63) is 5.92 Å². The molecule has 1 heterocycles. The standard InChI is InChI=1S/C6H8F3NO3.C4H9.Na.H/c7-6(8,9)3-13-4-1-10(2-4)5(11)12;1-4(2)3;;/h4H,1-3H2,(H,11,12);1-3H3;;/q;-1;+1;-1. The van der Waals surface area contributed by atoms with E-state index in [2.05, 4.69) is 25.5 Å². The molecule has 4 nitrogen and oxygen atoms in total. The number of hydrogen-bond acceptors (Lipinski definition) is 2. The van der Waals surface area contributed by atoms with Gasteiger partial charge in [0.1, 0.15) is 6.61 Å². The van der Waals surface area contributed by atoms with Gasteiger partial charge in [0, 0.05) is 0 Å². The summed E-state index contributed by atoms with van der Waals surface area (Å²) in [6.07, 6.45) is -6.09. The maximum Gasteiger partial charge on any atom is 1.00 e. The fraction of sp³-hybridized carbons (Fsp3) is 0.800. The minimum absolute atomic E-state index is 0. The minimum Gasteiger partial charge on any atom is -1.00 e. The van der Waals surface area contributed by atoms with Crippen LogP contribution in [-0.4, -0.2) is 48.1 Å². The number of alkyl halides is 3. The number of halogens is 3. The third kappa shape index (κ3) is 11.1. The second kappa shape index (κ2) is 9.01. The van der Waals surface area contributed by atoms with E-state index in [0.717, 1.165) is 4.90 Å². The van der Waals surface area contributed by atoms with E-state index in [4.69, 9.17) is 5.11 Å². The molecule has 1 amide bonds. The normalized spacial score (nSPS) is 15.4. The monoisotopic (exact) mass is 280 g/mol. The van der Waals surface area contributed by atoms with Crippen LogP contribution in [-0.2, 0) is 4.74 Å². The van der Waals surface area contributed by atoms with Crippen LogP contribution in [0.1, 0.15) is 22.2 Å². The Kier molecular flexibility index (Phi) is 10.2. The summed E-state index contributed by atoms with van der Waals surface area (Å²) >= 11 is 0. The van der Waals surface area contributed by atoms with E-state index in [9.17, 15) is 18.0 Å². The number of ether oxygens (including phenoxy) is 1. The van der Waals surface area contributed by atoms with Crippen molar-refractivity contribution in [1.29, 1.82) is 0 Å². The molecular formula is C10H18F3NNaO3-. The SMILES string of the molecule is C[C-](C)C.O=C(O)N1CC(OCC(F)(F)F)C1.[H-].[Na+]. The van der Waals surface area contributed by atoms with E-state index in [1.54, 1.807) is 0 Å². The van der Waals surface area contributed by atoms with Gasteiger partial charge in [-0.15, -0.1) is 0 Å². The molecule has 0 atom stereocenters. The number of carbonyl (C=O) groups is 1. The molecule has 1 saturated heterocycles. The van der Waals surface area contributed by atoms with Crippen LogP contribution in [0.2, 0.25) is 0 Å². The zero-order chi connectivity index (χ0) is 13.6. The van der Waals surface area contributed by atoms with E-state index >= 15 is 0 Å². The van der Waals surface area contributed by atoms with Gasteiger partial charge in [0.05, 0.1) is 19.2 Å². The zero-order valence-electron chi connectivity index (χ0n) is 12.0. The van der Waals surface area contributed by atoms with Crippen LogP contribution < -0.4 is 29.6 Å². The Hall–Kier alpha value is 0.0200. The van der Waals surface area contributed by atoms with Gasteiger partial charge in [0.2, 0.25) is 0 Å². The first-order chi connectivity index (χ1) is 7.61. The summed E-state index contributed by atoms with van der Waals surface area (Å²) < 4.78 is 39.1. The Morgan fingerprint density at radius 2 is 1.83 bits per heavy atom. The molecule has 8 heteroatoms. The van der Waals surface area contributed by atoms with Crippen molar-refractivity contribution in [1.82, 2.24) is 4.90 Å². The number of nitrogens with zero attached hydrogens (tertiary/aromatic N) is 1. The van der Waals surface area contributed by atoms with E-state index in [1.165, 1.54) is 5.92 Å². The van der Waals surface area contributed by atoms with Gasteiger partial charge >= 0.3 is 41.8 Å². The Bertz CT molecular complexity index is 246. The second-order valence-electron chi connectivity index (χ2n) is 4.24. The predicted molar refractivity (Wildman–Crippen MR) is 56.8 cm³/mol. The van der Waals surface area contributed by atoms with E-state index in [1.807, 2.05) is 0 Å². The van der Waals surface area contributed by atoms with Gasteiger partial charge in [-0.25, -0.2) is 4.79 Å². The maximum absolute atomic E-state index is 11.6. The predicted octanol–water partition coefficient (Wildman–Crippen LogP) is -0.335. The molecule has 0 saturated carbocycles. The Morgan fingerprint density at radius 1 is 1.44 bits per heavy atom. The molecule has 1 N–H and O–H groups in total. The quantitative estimate of drug-likeness (QED) is 0.556. The van der Waals surface area contributed by atoms with E-state index in [-0.39, 0.29) is 44.1 Å². The molecule has 1 fully saturated rings. The van der Waals surface area contributed by atoms with Crippen LogP contribution in [0.15, 0.2) is 0 Å². The summed E-state index contributed by atoms with van der Waals surface area (Å²) in [5, 5.41) is 8.33. The van der Waals surface area contributed by atoms with Crippen molar-refractivity contribution in [3.63, 3.8) is 0 Å². The molecule has 0 spiro atoms. The van der Waals surface area contributed by atoms with Crippen molar-refractivity contribution in [2.75, 3.05) is 19.7 Å². The fourth-order valence-electron chi connectivity index (χ4n) is 0.912. The molecule has 0 bridgehead atoms. The van der Waals surface area contributed by atoms with Crippen LogP contribution in [0.4, 0.5) is 18.0 Å². The number of rotatable bonds is 2. The maximum atomic E-state index is 11.6. The van der Waals surface area contributed by atoms with Gasteiger partial charge in [-0.3, -0.25) is 0 Å². The van der Waals surface area contributed by atoms with Gasteiger partial charge in [0.25, 0.3) is 0 Å². The summed E-state index contributed by atoms with van der Waals surface area (Å²) in [5.41, 5.74) is 0. The topological polar surface area (TPSA) is 49.8 Å². The summed E-state index contributed by atoms with van der Waals surface area (Å²) in [6, 6.07) is 0. The first kappa shape index (κ1) is 20.3. The van der Waals surface area contributed by atoms with Gasteiger partial charge in [-0.2, -0.15) is 33.9 Å². The Morgan fingerprint density at radius 3 is 2.11 bits per heavy atom. The zero-order valence-corrected chi connectivity index (χ0v) is 13.0. The van der Waals surface area contributed by atoms with Crippen LogP contribution in [0.3, 0.4) is 0 Å². The number of amides is 1. The van der Waals surface area contributed by atoms with Crippen molar-refractivity contribution >= 4 is 6.09 Å². The molecule has 0 aliphatic carbocycles. The van der Waals surface area contributed by atoms with Gasteiger partial charge < -0.3 is 22.1 Å². The average Bonchev–Trinajstić information content (AvgIpc) is 1.96. The molecule has 0 aromatic rings. The molecule has 0 aromatic carbocycles. The molecule has 0 radical (unpaired) electrons.